The van der Waals surface area contributed by atoms with Crippen LogP contribution in [0.4, 0.5) is 13.2 Å². The maximum atomic E-state index is 12.6. The molecule has 0 aliphatic rings. The first-order valence-electron chi connectivity index (χ1n) is 8.98. The maximum Gasteiger partial charge on any atom is 0.416 e. The molecule has 0 amide bonds. The van der Waals surface area contributed by atoms with E-state index in [1.54, 1.807) is 18.2 Å². The molecule has 0 saturated carbocycles. The minimum absolute atomic E-state index is 0.171. The van der Waals surface area contributed by atoms with Crippen molar-refractivity contribution in [3.05, 3.63) is 89.5 Å². The first-order valence-corrected chi connectivity index (χ1v) is 8.98. The third kappa shape index (κ3) is 5.28. The van der Waals surface area contributed by atoms with Crippen LogP contribution in [0.2, 0.25) is 0 Å². The predicted molar refractivity (Wildman–Crippen MR) is 103 cm³/mol. The van der Waals surface area contributed by atoms with Crippen LogP contribution in [0.25, 0.3) is 0 Å². The van der Waals surface area contributed by atoms with E-state index >= 15 is 0 Å². The van der Waals surface area contributed by atoms with Crippen LogP contribution in [-0.2, 0) is 12.8 Å². The summed E-state index contributed by atoms with van der Waals surface area (Å²) in [7, 11) is 0. The third-order valence-electron chi connectivity index (χ3n) is 4.27. The Kier molecular flexibility index (Phi) is 5.93. The fraction of sp³-hybridized carbons (Fsp3) is 0.217. The average molecular weight is 386 g/mol. The fourth-order valence-electron chi connectivity index (χ4n) is 2.64. The number of rotatable bonds is 6. The molecule has 146 valence electrons. The van der Waals surface area contributed by atoms with Gasteiger partial charge in [-0.05, 0) is 53.4 Å². The monoisotopic (exact) mass is 386 g/mol. The van der Waals surface area contributed by atoms with Crippen molar-refractivity contribution in [2.24, 2.45) is 0 Å². The van der Waals surface area contributed by atoms with Crippen LogP contribution in [0.1, 0.15) is 36.5 Å². The molecule has 5 heteroatoms. The molecule has 28 heavy (non-hydrogen) atoms. The summed E-state index contributed by atoms with van der Waals surface area (Å²) < 4.78 is 49.4. The van der Waals surface area contributed by atoms with E-state index < -0.39 is 11.7 Å². The minimum atomic E-state index is -4.33. The Hall–Kier alpha value is -2.95. The first kappa shape index (κ1) is 19.8. The molecule has 3 aromatic rings. The molecular weight excluding hydrogens is 365 g/mol. The van der Waals surface area contributed by atoms with Crippen LogP contribution in [0.3, 0.4) is 0 Å². The number of alkyl halides is 3. The zero-order chi connectivity index (χ0) is 20.1. The van der Waals surface area contributed by atoms with Crippen LogP contribution in [0.5, 0.6) is 17.2 Å². The van der Waals surface area contributed by atoms with Crippen molar-refractivity contribution >= 4 is 0 Å². The van der Waals surface area contributed by atoms with E-state index in [1.807, 2.05) is 30.3 Å². The second-order valence-corrected chi connectivity index (χ2v) is 6.78. The summed E-state index contributed by atoms with van der Waals surface area (Å²) in [6, 6.07) is 20.0. The molecule has 2 nitrogen and oxygen atoms in total. The van der Waals surface area contributed by atoms with Crippen LogP contribution in [0, 0.1) is 0 Å². The molecule has 0 aromatic heterocycles. The largest absolute Gasteiger partial charge is 0.489 e. The highest BCUT2D eigenvalue weighted by Gasteiger charge is 2.29. The molecule has 0 spiro atoms. The van der Waals surface area contributed by atoms with Crippen molar-refractivity contribution in [2.75, 3.05) is 0 Å². The van der Waals surface area contributed by atoms with Gasteiger partial charge in [-0.15, -0.1) is 0 Å². The number of benzene rings is 3. The standard InChI is InChI=1S/C23H21F3O2/c1-16(2)18-8-12-20(13-9-18)28-22-5-3-4-21(14-22)27-15-17-6-10-19(11-7-17)23(24,25)26/h3-14,16H,15H2,1-2H3. The summed E-state index contributed by atoms with van der Waals surface area (Å²) in [5.74, 6) is 2.39. The van der Waals surface area contributed by atoms with E-state index in [1.165, 1.54) is 17.7 Å². The Morgan fingerprint density at radius 2 is 1.43 bits per heavy atom. The summed E-state index contributed by atoms with van der Waals surface area (Å²) in [4.78, 5) is 0. The topological polar surface area (TPSA) is 18.5 Å². The van der Waals surface area contributed by atoms with Crippen molar-refractivity contribution in [1.29, 1.82) is 0 Å². The Labute approximate surface area is 162 Å². The number of hydrogen-bond acceptors (Lipinski definition) is 2. The minimum Gasteiger partial charge on any atom is -0.489 e. The highest BCUT2D eigenvalue weighted by Crippen LogP contribution is 2.30. The molecule has 0 radical (unpaired) electrons. The van der Waals surface area contributed by atoms with Gasteiger partial charge in [-0.1, -0.05) is 44.2 Å². The predicted octanol–water partition coefficient (Wildman–Crippen LogP) is 7.20. The van der Waals surface area contributed by atoms with Gasteiger partial charge in [-0.2, -0.15) is 13.2 Å². The summed E-state index contributed by atoms with van der Waals surface area (Å²) >= 11 is 0. The molecular formula is C23H21F3O2. The van der Waals surface area contributed by atoms with Crippen molar-refractivity contribution < 1.29 is 22.6 Å². The first-order chi connectivity index (χ1) is 13.3. The van der Waals surface area contributed by atoms with Gasteiger partial charge in [0.15, 0.2) is 0 Å². The Balaban J connectivity index is 1.61. The van der Waals surface area contributed by atoms with Crippen LogP contribution < -0.4 is 9.47 Å². The van der Waals surface area contributed by atoms with E-state index in [0.717, 1.165) is 17.9 Å². The molecule has 0 saturated heterocycles. The lowest BCUT2D eigenvalue weighted by Crippen LogP contribution is -2.05. The molecule has 0 N–H and O–H groups in total. The second-order valence-electron chi connectivity index (χ2n) is 6.78. The van der Waals surface area contributed by atoms with Gasteiger partial charge in [0.25, 0.3) is 0 Å². The molecule has 0 atom stereocenters. The van der Waals surface area contributed by atoms with Crippen molar-refractivity contribution in [3.63, 3.8) is 0 Å². The number of ether oxygens (including phenoxy) is 2. The van der Waals surface area contributed by atoms with Crippen molar-refractivity contribution in [1.82, 2.24) is 0 Å². The van der Waals surface area contributed by atoms with Crippen molar-refractivity contribution in [2.45, 2.75) is 32.5 Å². The van der Waals surface area contributed by atoms with Gasteiger partial charge in [0, 0.05) is 6.07 Å². The Bertz CT molecular complexity index is 898. The van der Waals surface area contributed by atoms with Gasteiger partial charge in [0.2, 0.25) is 0 Å². The van der Waals surface area contributed by atoms with Gasteiger partial charge in [-0.3, -0.25) is 0 Å². The van der Waals surface area contributed by atoms with Gasteiger partial charge in [0.1, 0.15) is 23.9 Å². The van der Waals surface area contributed by atoms with E-state index in [0.29, 0.717) is 23.0 Å². The van der Waals surface area contributed by atoms with Gasteiger partial charge >= 0.3 is 6.18 Å². The second kappa shape index (κ2) is 8.38. The SMILES string of the molecule is CC(C)c1ccc(Oc2cccc(OCc3ccc(C(F)(F)F)cc3)c2)cc1. The fourth-order valence-corrected chi connectivity index (χ4v) is 2.64. The third-order valence-corrected chi connectivity index (χ3v) is 4.27. The van der Waals surface area contributed by atoms with E-state index in [-0.39, 0.29) is 6.61 Å². The summed E-state index contributed by atoms with van der Waals surface area (Å²) in [5, 5.41) is 0. The molecule has 3 aromatic carbocycles. The van der Waals surface area contributed by atoms with Crippen LogP contribution in [-0.4, -0.2) is 0 Å². The average Bonchev–Trinajstić information content (AvgIpc) is 2.67. The maximum absolute atomic E-state index is 12.6. The van der Waals surface area contributed by atoms with Crippen molar-refractivity contribution in [3.8, 4) is 17.2 Å². The Morgan fingerprint density at radius 1 is 0.786 bits per heavy atom. The molecule has 0 heterocycles. The summed E-state index contributed by atoms with van der Waals surface area (Å²) in [5.41, 5.74) is 1.22. The number of hydrogen-bond donors (Lipinski definition) is 0. The van der Waals surface area contributed by atoms with Gasteiger partial charge in [-0.25, -0.2) is 0 Å². The van der Waals surface area contributed by atoms with E-state index in [4.69, 9.17) is 9.47 Å². The number of halogens is 3. The molecule has 0 bridgehead atoms. The lowest BCUT2D eigenvalue weighted by molar-refractivity contribution is -0.137. The lowest BCUT2D eigenvalue weighted by Gasteiger charge is -2.11. The normalized spacial score (nSPS) is 11.5. The van der Waals surface area contributed by atoms with E-state index in [2.05, 4.69) is 13.8 Å². The lowest BCUT2D eigenvalue weighted by atomic mass is 10.0. The molecule has 0 aliphatic heterocycles. The highest BCUT2D eigenvalue weighted by molar-refractivity contribution is 5.38. The molecule has 3 rings (SSSR count). The Morgan fingerprint density at radius 3 is 2.04 bits per heavy atom. The molecule has 0 fully saturated rings. The van der Waals surface area contributed by atoms with E-state index in [9.17, 15) is 13.2 Å². The van der Waals surface area contributed by atoms with Crippen LogP contribution in [0.15, 0.2) is 72.8 Å². The smallest absolute Gasteiger partial charge is 0.416 e. The molecule has 0 aliphatic carbocycles. The van der Waals surface area contributed by atoms with Gasteiger partial charge < -0.3 is 9.47 Å². The summed E-state index contributed by atoms with van der Waals surface area (Å²) in [6.45, 7) is 4.44. The highest BCUT2D eigenvalue weighted by atomic mass is 19.4. The molecule has 0 unspecified atom stereocenters. The van der Waals surface area contributed by atoms with Crippen LogP contribution >= 0.6 is 0 Å². The summed E-state index contributed by atoms with van der Waals surface area (Å²) in [6.07, 6.45) is -4.33. The van der Waals surface area contributed by atoms with Gasteiger partial charge in [0.05, 0.1) is 5.56 Å². The zero-order valence-electron chi connectivity index (χ0n) is 15.7. The quantitative estimate of drug-likeness (QED) is 0.446. The zero-order valence-corrected chi connectivity index (χ0v) is 15.7.